The van der Waals surface area contributed by atoms with Crippen LogP contribution in [-0.2, 0) is 0 Å². The number of halogens is 3. The van der Waals surface area contributed by atoms with E-state index in [4.69, 9.17) is 0 Å². The normalized spacial score (nSPS) is 17.8. The molecule has 2 rings (SSSR count). The number of hydrogen-bond acceptors (Lipinski definition) is 2. The molecule has 0 amide bonds. The summed E-state index contributed by atoms with van der Waals surface area (Å²) in [6.07, 6.45) is -2.22. The minimum absolute atomic E-state index is 0.0967. The number of rotatable bonds is 3. The highest BCUT2D eigenvalue weighted by Gasteiger charge is 2.19. The standard InChI is InChI=1S/C12H15F2IN2/c13-12(14)9-16-5-7-17(8-6-16)11-3-1-10(15)2-4-11/h1-4,12H,5-9H2. The van der Waals surface area contributed by atoms with Gasteiger partial charge in [-0.05, 0) is 46.9 Å². The molecule has 1 fully saturated rings. The first kappa shape index (κ1) is 13.0. The van der Waals surface area contributed by atoms with Gasteiger partial charge in [-0.3, -0.25) is 4.90 Å². The molecule has 0 aliphatic carbocycles. The highest BCUT2D eigenvalue weighted by atomic mass is 127. The molecule has 0 bridgehead atoms. The number of benzene rings is 1. The molecule has 94 valence electrons. The van der Waals surface area contributed by atoms with Crippen LogP contribution in [0.25, 0.3) is 0 Å². The maximum absolute atomic E-state index is 12.2. The van der Waals surface area contributed by atoms with Crippen LogP contribution in [0.5, 0.6) is 0 Å². The minimum Gasteiger partial charge on any atom is -0.369 e. The van der Waals surface area contributed by atoms with E-state index in [0.29, 0.717) is 0 Å². The molecule has 2 nitrogen and oxygen atoms in total. The summed E-state index contributed by atoms with van der Waals surface area (Å²) in [7, 11) is 0. The molecular weight excluding hydrogens is 337 g/mol. The van der Waals surface area contributed by atoms with Crippen LogP contribution in [0.1, 0.15) is 0 Å². The van der Waals surface area contributed by atoms with Crippen molar-refractivity contribution in [3.05, 3.63) is 27.8 Å². The second-order valence-corrected chi connectivity index (χ2v) is 5.40. The van der Waals surface area contributed by atoms with Crippen molar-refractivity contribution in [3.63, 3.8) is 0 Å². The van der Waals surface area contributed by atoms with Gasteiger partial charge in [0.05, 0.1) is 6.54 Å². The van der Waals surface area contributed by atoms with Crippen LogP contribution in [0.15, 0.2) is 24.3 Å². The lowest BCUT2D eigenvalue weighted by atomic mass is 10.2. The van der Waals surface area contributed by atoms with E-state index in [1.54, 1.807) is 0 Å². The quantitative estimate of drug-likeness (QED) is 0.772. The fourth-order valence-electron chi connectivity index (χ4n) is 2.04. The zero-order valence-electron chi connectivity index (χ0n) is 9.45. The van der Waals surface area contributed by atoms with Gasteiger partial charge in [0.2, 0.25) is 0 Å². The van der Waals surface area contributed by atoms with Crippen LogP contribution < -0.4 is 4.90 Å². The Morgan fingerprint density at radius 2 is 1.65 bits per heavy atom. The predicted molar refractivity (Wildman–Crippen MR) is 73.8 cm³/mol. The molecule has 0 spiro atoms. The van der Waals surface area contributed by atoms with E-state index < -0.39 is 6.43 Å². The third-order valence-electron chi connectivity index (χ3n) is 2.96. The average molecular weight is 352 g/mol. The van der Waals surface area contributed by atoms with Crippen molar-refractivity contribution < 1.29 is 8.78 Å². The largest absolute Gasteiger partial charge is 0.369 e. The molecule has 0 aromatic heterocycles. The summed E-state index contributed by atoms with van der Waals surface area (Å²) in [6.45, 7) is 2.99. The van der Waals surface area contributed by atoms with Crippen LogP contribution in [-0.4, -0.2) is 44.0 Å². The van der Waals surface area contributed by atoms with Gasteiger partial charge in [-0.1, -0.05) is 0 Å². The molecule has 0 saturated carbocycles. The highest BCUT2D eigenvalue weighted by molar-refractivity contribution is 14.1. The summed E-state index contributed by atoms with van der Waals surface area (Å²) in [5.41, 5.74) is 1.18. The lowest BCUT2D eigenvalue weighted by Crippen LogP contribution is -2.47. The fraction of sp³-hybridized carbons (Fsp3) is 0.500. The third kappa shape index (κ3) is 3.77. The number of nitrogens with zero attached hydrogens (tertiary/aromatic N) is 2. The summed E-state index contributed by atoms with van der Waals surface area (Å²) in [4.78, 5) is 4.08. The fourth-order valence-corrected chi connectivity index (χ4v) is 2.40. The van der Waals surface area contributed by atoms with Gasteiger partial charge in [0.25, 0.3) is 6.43 Å². The van der Waals surface area contributed by atoms with Crippen molar-refractivity contribution >= 4 is 28.3 Å². The number of anilines is 1. The Bertz CT molecular complexity index is 348. The van der Waals surface area contributed by atoms with E-state index >= 15 is 0 Å². The molecule has 1 aliphatic rings. The molecule has 0 unspecified atom stereocenters. The Morgan fingerprint density at radius 3 is 2.18 bits per heavy atom. The Labute approximate surface area is 114 Å². The molecule has 1 heterocycles. The van der Waals surface area contributed by atoms with Gasteiger partial charge in [0, 0.05) is 35.4 Å². The number of piperazine rings is 1. The van der Waals surface area contributed by atoms with Crippen molar-refractivity contribution in [1.29, 1.82) is 0 Å². The van der Waals surface area contributed by atoms with Crippen LogP contribution >= 0.6 is 22.6 Å². The van der Waals surface area contributed by atoms with E-state index in [9.17, 15) is 8.78 Å². The van der Waals surface area contributed by atoms with Crippen LogP contribution in [0.3, 0.4) is 0 Å². The second-order valence-electron chi connectivity index (χ2n) is 4.16. The van der Waals surface area contributed by atoms with Gasteiger partial charge in [0.1, 0.15) is 0 Å². The van der Waals surface area contributed by atoms with Crippen molar-refractivity contribution in [2.45, 2.75) is 6.43 Å². The maximum atomic E-state index is 12.2. The zero-order valence-corrected chi connectivity index (χ0v) is 11.6. The summed E-state index contributed by atoms with van der Waals surface area (Å²) in [5.74, 6) is 0. The van der Waals surface area contributed by atoms with Crippen molar-refractivity contribution in [3.8, 4) is 0 Å². The lowest BCUT2D eigenvalue weighted by Gasteiger charge is -2.35. The molecule has 1 aromatic rings. The summed E-state index contributed by atoms with van der Waals surface area (Å²) in [6, 6.07) is 8.32. The van der Waals surface area contributed by atoms with Crippen molar-refractivity contribution in [2.75, 3.05) is 37.6 Å². The molecule has 1 aliphatic heterocycles. The monoisotopic (exact) mass is 352 g/mol. The highest BCUT2D eigenvalue weighted by Crippen LogP contribution is 2.18. The van der Waals surface area contributed by atoms with Gasteiger partial charge in [-0.15, -0.1) is 0 Å². The number of hydrogen-bond donors (Lipinski definition) is 0. The van der Waals surface area contributed by atoms with Crippen molar-refractivity contribution in [2.24, 2.45) is 0 Å². The van der Waals surface area contributed by atoms with Gasteiger partial charge in [-0.25, -0.2) is 8.78 Å². The first-order valence-corrected chi connectivity index (χ1v) is 6.74. The smallest absolute Gasteiger partial charge is 0.251 e. The van der Waals surface area contributed by atoms with Crippen LogP contribution in [0.2, 0.25) is 0 Å². The van der Waals surface area contributed by atoms with E-state index in [0.717, 1.165) is 26.2 Å². The number of alkyl halides is 2. The third-order valence-corrected chi connectivity index (χ3v) is 3.68. The SMILES string of the molecule is FC(F)CN1CCN(c2ccc(I)cc2)CC1. The van der Waals surface area contributed by atoms with E-state index in [1.807, 2.05) is 4.90 Å². The van der Waals surface area contributed by atoms with Crippen LogP contribution in [0.4, 0.5) is 14.5 Å². The maximum Gasteiger partial charge on any atom is 0.251 e. The first-order chi connectivity index (χ1) is 8.15. The predicted octanol–water partition coefficient (Wildman–Crippen LogP) is 2.68. The summed E-state index contributed by atoms with van der Waals surface area (Å²) >= 11 is 2.27. The zero-order chi connectivity index (χ0) is 12.3. The molecule has 0 atom stereocenters. The molecule has 1 aromatic carbocycles. The lowest BCUT2D eigenvalue weighted by molar-refractivity contribution is 0.0854. The Balaban J connectivity index is 1.88. The Morgan fingerprint density at radius 1 is 1.06 bits per heavy atom. The molecular formula is C12H15F2IN2. The Hall–Kier alpha value is -0.430. The topological polar surface area (TPSA) is 6.48 Å². The van der Waals surface area contributed by atoms with Crippen molar-refractivity contribution in [1.82, 2.24) is 4.90 Å². The summed E-state index contributed by atoms with van der Waals surface area (Å²) in [5, 5.41) is 0. The second kappa shape index (κ2) is 5.95. The molecule has 17 heavy (non-hydrogen) atoms. The van der Waals surface area contributed by atoms with E-state index in [2.05, 4.69) is 51.8 Å². The van der Waals surface area contributed by atoms with Gasteiger partial charge < -0.3 is 4.90 Å². The average Bonchev–Trinajstić information content (AvgIpc) is 2.30. The van der Waals surface area contributed by atoms with Gasteiger partial charge in [0.15, 0.2) is 0 Å². The van der Waals surface area contributed by atoms with Gasteiger partial charge >= 0.3 is 0 Å². The van der Waals surface area contributed by atoms with E-state index in [-0.39, 0.29) is 6.54 Å². The molecule has 0 N–H and O–H groups in total. The first-order valence-electron chi connectivity index (χ1n) is 5.66. The minimum atomic E-state index is -2.22. The van der Waals surface area contributed by atoms with E-state index in [1.165, 1.54) is 9.26 Å². The molecule has 0 radical (unpaired) electrons. The summed E-state index contributed by atoms with van der Waals surface area (Å²) < 4.78 is 25.7. The van der Waals surface area contributed by atoms with Crippen LogP contribution in [0, 0.1) is 3.57 Å². The Kier molecular flexibility index (Phi) is 4.55. The molecule has 1 saturated heterocycles. The van der Waals surface area contributed by atoms with Gasteiger partial charge in [-0.2, -0.15) is 0 Å². The molecule has 5 heteroatoms.